The van der Waals surface area contributed by atoms with Gasteiger partial charge in [0.1, 0.15) is 0 Å². The van der Waals surface area contributed by atoms with Gasteiger partial charge in [-0.25, -0.2) is 0 Å². The summed E-state index contributed by atoms with van der Waals surface area (Å²) in [6, 6.07) is 9.26. The first-order valence-corrected chi connectivity index (χ1v) is 9.66. The van der Waals surface area contributed by atoms with Gasteiger partial charge in [0.2, 0.25) is 0 Å². The van der Waals surface area contributed by atoms with Gasteiger partial charge in [-0.2, -0.15) is 5.10 Å². The Kier molecular flexibility index (Phi) is 6.46. The van der Waals surface area contributed by atoms with Gasteiger partial charge in [-0.15, -0.1) is 0 Å². The average Bonchev–Trinajstić information content (AvgIpc) is 3.00. The third-order valence-electron chi connectivity index (χ3n) is 5.05. The van der Waals surface area contributed by atoms with Crippen molar-refractivity contribution in [2.45, 2.75) is 39.3 Å². The van der Waals surface area contributed by atoms with Crippen molar-refractivity contribution in [3.05, 3.63) is 52.8 Å². The molecule has 3 rings (SSSR count). The van der Waals surface area contributed by atoms with Crippen LogP contribution in [0.3, 0.4) is 0 Å². The van der Waals surface area contributed by atoms with E-state index in [9.17, 15) is 0 Å². The molecular formula is C21H32N4O. The third kappa shape index (κ3) is 4.72. The summed E-state index contributed by atoms with van der Waals surface area (Å²) in [5.74, 6) is 0.444. The van der Waals surface area contributed by atoms with Crippen molar-refractivity contribution in [3.8, 4) is 0 Å². The maximum atomic E-state index is 5.55. The second kappa shape index (κ2) is 8.80. The molecule has 1 aromatic heterocycles. The number of aromatic nitrogens is 2. The lowest BCUT2D eigenvalue weighted by molar-refractivity contribution is 0.0161. The number of aryl methyl sites for hydroxylation is 2. The van der Waals surface area contributed by atoms with E-state index in [-0.39, 0.29) is 0 Å². The quantitative estimate of drug-likeness (QED) is 0.828. The molecule has 5 nitrogen and oxygen atoms in total. The summed E-state index contributed by atoms with van der Waals surface area (Å²) in [6.07, 6.45) is 2.14. The standard InChI is InChI=1S/C21H32N4O/c1-16(2)21-19(15-24(4)23-21)13-22-14-20(25-8-10-26-11-9-25)18-7-5-6-17(3)12-18/h5-7,12,15-16,20,22H,8-11,13-14H2,1-4H3. The van der Waals surface area contributed by atoms with Crippen LogP contribution in [0.1, 0.15) is 48.2 Å². The highest BCUT2D eigenvalue weighted by Gasteiger charge is 2.22. The Morgan fingerprint density at radius 1 is 1.23 bits per heavy atom. The van der Waals surface area contributed by atoms with E-state index < -0.39 is 0 Å². The molecular weight excluding hydrogens is 324 g/mol. The van der Waals surface area contributed by atoms with Gasteiger partial charge in [-0.3, -0.25) is 9.58 Å². The predicted octanol–water partition coefficient (Wildman–Crippen LogP) is 3.02. The molecule has 0 aliphatic carbocycles. The number of morpholine rings is 1. The van der Waals surface area contributed by atoms with E-state index >= 15 is 0 Å². The van der Waals surface area contributed by atoms with Crippen molar-refractivity contribution >= 4 is 0 Å². The van der Waals surface area contributed by atoms with Gasteiger partial charge < -0.3 is 10.1 Å². The summed E-state index contributed by atoms with van der Waals surface area (Å²) >= 11 is 0. The predicted molar refractivity (Wildman–Crippen MR) is 105 cm³/mol. The first-order valence-electron chi connectivity index (χ1n) is 9.66. The van der Waals surface area contributed by atoms with Crippen LogP contribution in [0.2, 0.25) is 0 Å². The fourth-order valence-electron chi connectivity index (χ4n) is 3.75. The van der Waals surface area contributed by atoms with Crippen LogP contribution in [-0.2, 0) is 18.3 Å². The first kappa shape index (κ1) is 19.1. The van der Waals surface area contributed by atoms with Gasteiger partial charge in [0.05, 0.1) is 18.9 Å². The second-order valence-corrected chi connectivity index (χ2v) is 7.58. The second-order valence-electron chi connectivity index (χ2n) is 7.58. The number of benzene rings is 1. The zero-order valence-electron chi connectivity index (χ0n) is 16.5. The minimum absolute atomic E-state index is 0.373. The molecule has 1 aromatic carbocycles. The summed E-state index contributed by atoms with van der Waals surface area (Å²) in [4.78, 5) is 2.54. The molecule has 0 saturated carbocycles. The minimum atomic E-state index is 0.373. The summed E-state index contributed by atoms with van der Waals surface area (Å²) in [5, 5.41) is 8.31. The minimum Gasteiger partial charge on any atom is -0.379 e. The van der Waals surface area contributed by atoms with Crippen molar-refractivity contribution in [3.63, 3.8) is 0 Å². The third-order valence-corrected chi connectivity index (χ3v) is 5.05. The van der Waals surface area contributed by atoms with E-state index in [1.165, 1.54) is 22.4 Å². The number of nitrogens with one attached hydrogen (secondary N) is 1. The van der Waals surface area contributed by atoms with Crippen LogP contribution < -0.4 is 5.32 Å². The Bertz CT molecular complexity index is 704. The average molecular weight is 357 g/mol. The molecule has 5 heteroatoms. The van der Waals surface area contributed by atoms with Crippen LogP contribution in [0.15, 0.2) is 30.5 Å². The topological polar surface area (TPSA) is 42.3 Å². The summed E-state index contributed by atoms with van der Waals surface area (Å²) in [7, 11) is 2.00. The molecule has 1 N–H and O–H groups in total. The molecule has 1 unspecified atom stereocenters. The molecule has 0 radical (unpaired) electrons. The molecule has 0 amide bonds. The van der Waals surface area contributed by atoms with Gasteiger partial charge in [0.25, 0.3) is 0 Å². The largest absolute Gasteiger partial charge is 0.379 e. The van der Waals surface area contributed by atoms with E-state index in [1.807, 2.05) is 11.7 Å². The van der Waals surface area contributed by atoms with Gasteiger partial charge >= 0.3 is 0 Å². The number of rotatable bonds is 7. The Labute approximate surface area is 157 Å². The molecule has 0 spiro atoms. The monoisotopic (exact) mass is 356 g/mol. The van der Waals surface area contributed by atoms with Crippen molar-refractivity contribution < 1.29 is 4.74 Å². The molecule has 26 heavy (non-hydrogen) atoms. The normalized spacial score (nSPS) is 17.0. The molecule has 0 bridgehead atoms. The lowest BCUT2D eigenvalue weighted by atomic mass is 10.0. The Morgan fingerprint density at radius 2 is 2.00 bits per heavy atom. The van der Waals surface area contributed by atoms with Crippen LogP contribution >= 0.6 is 0 Å². The highest BCUT2D eigenvalue weighted by Crippen LogP contribution is 2.23. The van der Waals surface area contributed by atoms with Crippen molar-refractivity contribution in [1.29, 1.82) is 0 Å². The smallest absolute Gasteiger partial charge is 0.0694 e. The fraction of sp³-hybridized carbons (Fsp3) is 0.571. The van der Waals surface area contributed by atoms with E-state index in [2.05, 4.69) is 66.5 Å². The zero-order valence-corrected chi connectivity index (χ0v) is 16.5. The van der Waals surface area contributed by atoms with Crippen molar-refractivity contribution in [1.82, 2.24) is 20.0 Å². The molecule has 1 fully saturated rings. The number of hydrogen-bond acceptors (Lipinski definition) is 4. The SMILES string of the molecule is Cc1cccc(C(CNCc2cn(C)nc2C(C)C)N2CCOCC2)c1. The van der Waals surface area contributed by atoms with Gasteiger partial charge in [-0.05, 0) is 18.4 Å². The molecule has 1 atom stereocenters. The Morgan fingerprint density at radius 3 is 2.69 bits per heavy atom. The van der Waals surface area contributed by atoms with E-state index in [0.717, 1.165) is 39.4 Å². The zero-order chi connectivity index (χ0) is 18.5. The molecule has 2 aromatic rings. The first-order chi connectivity index (χ1) is 12.5. The van der Waals surface area contributed by atoms with Gasteiger partial charge in [0.15, 0.2) is 0 Å². The van der Waals surface area contributed by atoms with Crippen LogP contribution in [0.5, 0.6) is 0 Å². The van der Waals surface area contributed by atoms with Crippen LogP contribution in [0.25, 0.3) is 0 Å². The number of hydrogen-bond donors (Lipinski definition) is 1. The summed E-state index contributed by atoms with van der Waals surface area (Å²) < 4.78 is 7.48. The molecule has 142 valence electrons. The van der Waals surface area contributed by atoms with Gasteiger partial charge in [0, 0.05) is 51.0 Å². The van der Waals surface area contributed by atoms with Crippen LogP contribution in [0.4, 0.5) is 0 Å². The Balaban J connectivity index is 1.70. The molecule has 1 aliphatic heterocycles. The lowest BCUT2D eigenvalue weighted by Gasteiger charge is -2.35. The van der Waals surface area contributed by atoms with Gasteiger partial charge in [-0.1, -0.05) is 43.7 Å². The summed E-state index contributed by atoms with van der Waals surface area (Å²) in [5.41, 5.74) is 5.19. The Hall–Kier alpha value is -1.69. The maximum absolute atomic E-state index is 5.55. The van der Waals surface area contributed by atoms with Crippen molar-refractivity contribution in [2.24, 2.45) is 7.05 Å². The highest BCUT2D eigenvalue weighted by molar-refractivity contribution is 5.26. The van der Waals surface area contributed by atoms with E-state index in [0.29, 0.717) is 12.0 Å². The fourth-order valence-corrected chi connectivity index (χ4v) is 3.75. The van der Waals surface area contributed by atoms with Crippen LogP contribution in [0, 0.1) is 6.92 Å². The number of nitrogens with zero attached hydrogens (tertiary/aromatic N) is 3. The molecule has 2 heterocycles. The van der Waals surface area contributed by atoms with Crippen LogP contribution in [-0.4, -0.2) is 47.5 Å². The lowest BCUT2D eigenvalue weighted by Crippen LogP contribution is -2.42. The van der Waals surface area contributed by atoms with E-state index in [1.54, 1.807) is 0 Å². The van der Waals surface area contributed by atoms with E-state index in [4.69, 9.17) is 4.74 Å². The molecule has 1 aliphatic rings. The number of ether oxygens (including phenoxy) is 1. The highest BCUT2D eigenvalue weighted by atomic mass is 16.5. The maximum Gasteiger partial charge on any atom is 0.0694 e. The van der Waals surface area contributed by atoms with Crippen molar-refractivity contribution in [2.75, 3.05) is 32.8 Å². The summed E-state index contributed by atoms with van der Waals surface area (Å²) in [6.45, 7) is 12.0. The molecule has 1 saturated heterocycles.